The van der Waals surface area contributed by atoms with E-state index in [1.165, 1.54) is 32.3 Å². The zero-order valence-corrected chi connectivity index (χ0v) is 13.0. The quantitative estimate of drug-likeness (QED) is 0.623. The third-order valence-electron chi connectivity index (χ3n) is 3.43. The molecule has 0 amide bonds. The monoisotopic (exact) mass is 323 g/mol. The van der Waals surface area contributed by atoms with E-state index >= 15 is 0 Å². The zero-order valence-electron chi connectivity index (χ0n) is 11.3. The molecule has 1 heteroatoms. The molecule has 20 heavy (non-hydrogen) atoms. The number of hydrogen-bond donors (Lipinski definition) is 0. The van der Waals surface area contributed by atoms with Gasteiger partial charge in [0.05, 0.1) is 0 Å². The summed E-state index contributed by atoms with van der Waals surface area (Å²) < 4.78 is 1.21. The predicted molar refractivity (Wildman–Crippen MR) is 87.4 cm³/mol. The van der Waals surface area contributed by atoms with Crippen molar-refractivity contribution < 1.29 is 0 Å². The second kappa shape index (κ2) is 5.66. The van der Waals surface area contributed by atoms with Gasteiger partial charge in [0, 0.05) is 0 Å². The van der Waals surface area contributed by atoms with Gasteiger partial charge in [-0.1, -0.05) is 0 Å². The van der Waals surface area contributed by atoms with Crippen LogP contribution in [0.4, 0.5) is 0 Å². The molecule has 0 fully saturated rings. The molecule has 0 saturated carbocycles. The van der Waals surface area contributed by atoms with Gasteiger partial charge in [0.25, 0.3) is 0 Å². The number of hydrogen-bond acceptors (Lipinski definition) is 0. The van der Waals surface area contributed by atoms with Gasteiger partial charge in [0.15, 0.2) is 0 Å². The second-order valence-corrected chi connectivity index (χ2v) is 5.77. The van der Waals surface area contributed by atoms with Gasteiger partial charge in [-0.3, -0.25) is 0 Å². The van der Waals surface area contributed by atoms with E-state index in [1.807, 2.05) is 6.07 Å². The molecule has 3 aromatic carbocycles. The molecule has 1 radical (unpaired) electrons. The molecular weight excluding hydrogens is 307 g/mol. The van der Waals surface area contributed by atoms with Crippen LogP contribution in [-0.4, -0.2) is 16.0 Å². The van der Waals surface area contributed by atoms with Crippen molar-refractivity contribution in [2.24, 2.45) is 0 Å². The third-order valence-corrected chi connectivity index (χ3v) is 4.35. The molecule has 0 unspecified atom stereocenters. The van der Waals surface area contributed by atoms with Crippen molar-refractivity contribution in [3.63, 3.8) is 0 Å². The Hall–Kier alpha value is -1.82. The van der Waals surface area contributed by atoms with Gasteiger partial charge < -0.3 is 0 Å². The van der Waals surface area contributed by atoms with Crippen molar-refractivity contribution in [2.75, 3.05) is 0 Å². The fourth-order valence-corrected chi connectivity index (χ4v) is 3.20. The van der Waals surface area contributed by atoms with Gasteiger partial charge in [-0.05, 0) is 0 Å². The second-order valence-electron chi connectivity index (χ2n) is 4.92. The summed E-state index contributed by atoms with van der Waals surface area (Å²) in [7, 11) is 0. The Kier molecular flexibility index (Phi) is 3.73. The van der Waals surface area contributed by atoms with Crippen molar-refractivity contribution in [1.82, 2.24) is 0 Å². The van der Waals surface area contributed by atoms with Crippen LogP contribution in [0, 0.1) is 6.92 Å². The minimum absolute atomic E-state index is 1.21. The van der Waals surface area contributed by atoms with Crippen LogP contribution in [0.3, 0.4) is 0 Å². The van der Waals surface area contributed by atoms with E-state index in [0.717, 1.165) is 0 Å². The average Bonchev–Trinajstić information content (AvgIpc) is 2.48. The van der Waals surface area contributed by atoms with E-state index < -0.39 is 0 Å². The van der Waals surface area contributed by atoms with E-state index in [1.54, 1.807) is 0 Å². The normalized spacial score (nSPS) is 10.4. The first-order valence-corrected chi connectivity index (χ1v) is 7.54. The van der Waals surface area contributed by atoms with E-state index in [9.17, 15) is 0 Å². The first kappa shape index (κ1) is 13.2. The van der Waals surface area contributed by atoms with Crippen molar-refractivity contribution in [3.05, 3.63) is 78.4 Å². The summed E-state index contributed by atoms with van der Waals surface area (Å²) in [4.78, 5) is 0. The summed E-state index contributed by atoms with van der Waals surface area (Å²) in [6.07, 6.45) is 0. The molecule has 0 spiro atoms. The Balaban J connectivity index is 2.15. The van der Waals surface area contributed by atoms with Crippen LogP contribution in [0.15, 0.2) is 72.8 Å². The summed E-state index contributed by atoms with van der Waals surface area (Å²) in [6.45, 7) is 2.13. The molecule has 0 saturated heterocycles. The summed E-state index contributed by atoms with van der Waals surface area (Å²) in [5.41, 5.74) is 6.30. The summed E-state index contributed by atoms with van der Waals surface area (Å²) in [5, 5.41) is 0. The average molecular weight is 322 g/mol. The van der Waals surface area contributed by atoms with Crippen LogP contribution in [0.25, 0.3) is 22.3 Å². The number of rotatable bonds is 2. The molecule has 0 N–H and O–H groups in total. The van der Waals surface area contributed by atoms with Crippen molar-refractivity contribution in [2.45, 2.75) is 6.92 Å². The van der Waals surface area contributed by atoms with Crippen LogP contribution in [-0.2, 0) is 0 Å². The number of benzene rings is 3. The van der Waals surface area contributed by atoms with Gasteiger partial charge in [0.1, 0.15) is 0 Å². The van der Waals surface area contributed by atoms with Crippen molar-refractivity contribution >= 4 is 20.5 Å². The maximum atomic E-state index is 3.26. The van der Waals surface area contributed by atoms with Crippen molar-refractivity contribution in [1.29, 1.82) is 0 Å². The molecule has 3 rings (SSSR count). The third kappa shape index (κ3) is 2.56. The van der Waals surface area contributed by atoms with Crippen LogP contribution in [0.2, 0.25) is 0 Å². The topological polar surface area (TPSA) is 0 Å². The Labute approximate surface area is 128 Å². The molecule has 0 atom stereocenters. The van der Waals surface area contributed by atoms with E-state index in [-0.39, 0.29) is 0 Å². The molecular formula is C19H15Se. The van der Waals surface area contributed by atoms with E-state index in [4.69, 9.17) is 0 Å². The Morgan fingerprint density at radius 1 is 0.650 bits per heavy atom. The first-order valence-electron chi connectivity index (χ1n) is 6.68. The van der Waals surface area contributed by atoms with Crippen molar-refractivity contribution in [3.8, 4) is 22.3 Å². The van der Waals surface area contributed by atoms with Gasteiger partial charge in [-0.2, -0.15) is 0 Å². The minimum atomic E-state index is 1.21. The standard InChI is InChI=1S/C19H15Se/c1-14-7-5-10-16(13-14)18-12-6-11-17(19(18)20)15-8-3-2-4-9-15/h2-13H,1H3. The van der Waals surface area contributed by atoms with Gasteiger partial charge in [0.2, 0.25) is 0 Å². The molecule has 0 aromatic heterocycles. The Morgan fingerprint density at radius 3 is 1.95 bits per heavy atom. The first-order chi connectivity index (χ1) is 9.75. The van der Waals surface area contributed by atoms with Gasteiger partial charge in [-0.15, -0.1) is 0 Å². The molecule has 0 bridgehead atoms. The molecule has 0 nitrogen and oxygen atoms in total. The van der Waals surface area contributed by atoms with Crippen LogP contribution >= 0.6 is 0 Å². The number of aryl methyl sites for hydroxylation is 1. The molecule has 97 valence electrons. The Bertz CT molecular complexity index is 730. The predicted octanol–water partition coefficient (Wildman–Crippen LogP) is 4.12. The fraction of sp³-hybridized carbons (Fsp3) is 0.0526. The molecule has 3 aromatic rings. The van der Waals surface area contributed by atoms with E-state index in [0.29, 0.717) is 0 Å². The maximum absolute atomic E-state index is 3.26. The molecule has 0 aliphatic rings. The zero-order chi connectivity index (χ0) is 13.9. The Morgan fingerprint density at radius 2 is 1.25 bits per heavy atom. The van der Waals surface area contributed by atoms with E-state index in [2.05, 4.69) is 89.7 Å². The van der Waals surface area contributed by atoms with Crippen LogP contribution in [0.5, 0.6) is 0 Å². The molecule has 0 aliphatic carbocycles. The van der Waals surface area contributed by atoms with Gasteiger partial charge in [-0.25, -0.2) is 0 Å². The fourth-order valence-electron chi connectivity index (χ4n) is 2.42. The van der Waals surface area contributed by atoms with Crippen LogP contribution < -0.4 is 4.46 Å². The molecule has 0 heterocycles. The summed E-state index contributed by atoms with van der Waals surface area (Å²) >= 11 is 3.26. The summed E-state index contributed by atoms with van der Waals surface area (Å²) in [5.74, 6) is 0. The summed E-state index contributed by atoms with van der Waals surface area (Å²) in [6, 6.07) is 25.6. The van der Waals surface area contributed by atoms with Crippen LogP contribution in [0.1, 0.15) is 5.56 Å². The van der Waals surface area contributed by atoms with Gasteiger partial charge >= 0.3 is 128 Å². The molecule has 0 aliphatic heterocycles. The SMILES string of the molecule is Cc1cccc(-c2cccc(-c3ccccc3)c2[Se])c1.